The van der Waals surface area contributed by atoms with Gasteiger partial charge in [-0.15, -0.1) is 0 Å². The van der Waals surface area contributed by atoms with E-state index in [2.05, 4.69) is 12.1 Å². The van der Waals surface area contributed by atoms with Crippen LogP contribution >= 0.6 is 0 Å². The number of benzene rings is 8. The average Bonchev–Trinajstić information content (AvgIpc) is 3.82. The standard InChI is InChI=1S/C53H27F9N4/c54-51(55,56)35-18-21-37(43(27-35)53(60,61)62)33-17-20-41-39-12-3-6-15-45(39)66(47(41)26-33)49-24-31(29-64)23-48(50(49)34-9-7-8-30(22-34)28-63)65-44-14-5-2-11-38(44)40-19-16-32(25-46(40)65)36-10-1-4-13-42(36)52(57,58)59/h1-27H. The highest BCUT2D eigenvalue weighted by Crippen LogP contribution is 2.47. The molecule has 0 saturated carbocycles. The predicted octanol–water partition coefficient (Wildman–Crippen LogP) is 15.7. The zero-order chi connectivity index (χ0) is 46.3. The van der Waals surface area contributed by atoms with Crippen LogP contribution < -0.4 is 0 Å². The van der Waals surface area contributed by atoms with E-state index in [9.17, 15) is 50.0 Å². The van der Waals surface area contributed by atoms with Gasteiger partial charge in [0, 0.05) is 27.1 Å². The lowest BCUT2D eigenvalue weighted by atomic mass is 9.95. The van der Waals surface area contributed by atoms with Gasteiger partial charge in [-0.3, -0.25) is 0 Å². The molecule has 0 atom stereocenters. The van der Waals surface area contributed by atoms with Gasteiger partial charge in [0.15, 0.2) is 0 Å². The Balaban J connectivity index is 1.34. The molecule has 0 spiro atoms. The highest BCUT2D eigenvalue weighted by Gasteiger charge is 2.39. The molecule has 10 rings (SSSR count). The minimum atomic E-state index is -5.16. The molecule has 2 heterocycles. The van der Waals surface area contributed by atoms with Crippen molar-refractivity contribution in [2.45, 2.75) is 18.5 Å². The molecule has 0 bridgehead atoms. The van der Waals surface area contributed by atoms with Gasteiger partial charge in [-0.05, 0) is 94.5 Å². The summed E-state index contributed by atoms with van der Waals surface area (Å²) in [5.41, 5.74) is -0.0314. The topological polar surface area (TPSA) is 57.4 Å². The molecular weight excluding hydrogens is 864 g/mol. The van der Waals surface area contributed by atoms with E-state index >= 15 is 0 Å². The van der Waals surface area contributed by atoms with Crippen molar-refractivity contribution in [3.8, 4) is 56.9 Å². The van der Waals surface area contributed by atoms with Crippen LogP contribution in [-0.2, 0) is 18.5 Å². The van der Waals surface area contributed by atoms with Gasteiger partial charge in [-0.1, -0.05) is 97.1 Å². The highest BCUT2D eigenvalue weighted by molar-refractivity contribution is 6.13. The molecule has 0 fully saturated rings. The van der Waals surface area contributed by atoms with Crippen LogP contribution in [0.25, 0.3) is 88.4 Å². The fourth-order valence-corrected chi connectivity index (χ4v) is 9.05. The summed E-state index contributed by atoms with van der Waals surface area (Å²) in [6.45, 7) is 0. The maximum absolute atomic E-state index is 14.6. The molecule has 4 nitrogen and oxygen atoms in total. The smallest absolute Gasteiger partial charge is 0.308 e. The lowest BCUT2D eigenvalue weighted by molar-refractivity contribution is -0.143. The number of hydrogen-bond acceptors (Lipinski definition) is 2. The van der Waals surface area contributed by atoms with E-state index in [0.29, 0.717) is 66.8 Å². The molecule has 0 unspecified atom stereocenters. The number of rotatable bonds is 5. The fraction of sp³-hybridized carbons (Fsp3) is 0.0566. The summed E-state index contributed by atoms with van der Waals surface area (Å²) >= 11 is 0. The number of para-hydroxylation sites is 2. The Bertz CT molecular complexity index is 3710. The van der Waals surface area contributed by atoms with Crippen LogP contribution in [0, 0.1) is 22.7 Å². The van der Waals surface area contributed by atoms with Gasteiger partial charge in [0.25, 0.3) is 0 Å². The SMILES string of the molecule is N#Cc1cccc(-c2c(-n3c4ccccc4c4ccc(-c5ccccc5C(F)(F)F)cc43)cc(C#N)cc2-n2c3ccccc3c3ccc(-c4ccc(C(F)(F)F)cc4C(F)(F)F)cc32)c1. The molecule has 8 aromatic carbocycles. The highest BCUT2D eigenvalue weighted by atomic mass is 19.4. The van der Waals surface area contributed by atoms with Gasteiger partial charge in [-0.25, -0.2) is 0 Å². The van der Waals surface area contributed by atoms with Crippen LogP contribution in [0.3, 0.4) is 0 Å². The van der Waals surface area contributed by atoms with E-state index in [-0.39, 0.29) is 33.9 Å². The maximum Gasteiger partial charge on any atom is 0.417 e. The Labute approximate surface area is 368 Å². The molecule has 10 aromatic rings. The van der Waals surface area contributed by atoms with Crippen LogP contribution in [-0.4, -0.2) is 9.13 Å². The maximum atomic E-state index is 14.6. The molecule has 0 N–H and O–H groups in total. The molecule has 0 aliphatic carbocycles. The Hall–Kier alpha value is -8.29. The van der Waals surface area contributed by atoms with Crippen molar-refractivity contribution in [3.05, 3.63) is 192 Å². The number of halogens is 9. The zero-order valence-corrected chi connectivity index (χ0v) is 33.8. The third kappa shape index (κ3) is 6.88. The third-order valence-electron chi connectivity index (χ3n) is 11.8. The number of aromatic nitrogens is 2. The number of nitriles is 2. The van der Waals surface area contributed by atoms with Crippen molar-refractivity contribution in [3.63, 3.8) is 0 Å². The average molecular weight is 891 g/mol. The molecular formula is C53H27F9N4. The molecule has 0 amide bonds. The fourth-order valence-electron chi connectivity index (χ4n) is 9.05. The van der Waals surface area contributed by atoms with Gasteiger partial charge in [0.05, 0.1) is 73.4 Å². The Morgan fingerprint density at radius 1 is 0.364 bits per heavy atom. The van der Waals surface area contributed by atoms with Crippen molar-refractivity contribution in [2.75, 3.05) is 0 Å². The number of hydrogen-bond donors (Lipinski definition) is 0. The summed E-state index contributed by atoms with van der Waals surface area (Å²) in [7, 11) is 0. The van der Waals surface area contributed by atoms with Gasteiger partial charge < -0.3 is 9.13 Å². The summed E-state index contributed by atoms with van der Waals surface area (Å²) in [4.78, 5) is 0. The van der Waals surface area contributed by atoms with E-state index in [4.69, 9.17) is 0 Å². The minimum Gasteiger partial charge on any atom is -0.308 e. The van der Waals surface area contributed by atoms with Crippen LogP contribution in [0.5, 0.6) is 0 Å². The summed E-state index contributed by atoms with van der Waals surface area (Å²) in [6, 6.07) is 45.0. The van der Waals surface area contributed by atoms with Gasteiger partial charge in [0.2, 0.25) is 0 Å². The first-order chi connectivity index (χ1) is 31.5. The summed E-state index contributed by atoms with van der Waals surface area (Å²) in [6.07, 6.45) is -14.9. The first-order valence-electron chi connectivity index (χ1n) is 20.2. The quantitative estimate of drug-likeness (QED) is 0.162. The predicted molar refractivity (Wildman–Crippen MR) is 236 cm³/mol. The first kappa shape index (κ1) is 41.7. The number of fused-ring (bicyclic) bond motifs is 6. The molecule has 0 radical (unpaired) electrons. The van der Waals surface area contributed by atoms with E-state index in [1.165, 1.54) is 30.3 Å². The van der Waals surface area contributed by atoms with E-state index < -0.39 is 40.8 Å². The van der Waals surface area contributed by atoms with E-state index in [1.807, 2.05) is 28.8 Å². The molecule has 66 heavy (non-hydrogen) atoms. The van der Waals surface area contributed by atoms with Gasteiger partial charge in [0.1, 0.15) is 0 Å². The summed E-state index contributed by atoms with van der Waals surface area (Å²) in [5, 5.41) is 23.5. The molecule has 13 heteroatoms. The minimum absolute atomic E-state index is 0.0358. The van der Waals surface area contributed by atoms with Crippen molar-refractivity contribution in [1.82, 2.24) is 9.13 Å². The second kappa shape index (κ2) is 15.2. The summed E-state index contributed by atoms with van der Waals surface area (Å²) < 4.78 is 132. The second-order valence-electron chi connectivity index (χ2n) is 15.7. The van der Waals surface area contributed by atoms with E-state index in [0.717, 1.165) is 17.5 Å². The van der Waals surface area contributed by atoms with Crippen molar-refractivity contribution >= 4 is 43.6 Å². The number of nitrogens with zero attached hydrogens (tertiary/aromatic N) is 4. The Morgan fingerprint density at radius 2 is 0.864 bits per heavy atom. The monoisotopic (exact) mass is 890 g/mol. The summed E-state index contributed by atoms with van der Waals surface area (Å²) in [5.74, 6) is 0. The van der Waals surface area contributed by atoms with Crippen molar-refractivity contribution in [1.29, 1.82) is 10.5 Å². The van der Waals surface area contributed by atoms with Crippen LogP contribution in [0.1, 0.15) is 27.8 Å². The molecule has 0 saturated heterocycles. The third-order valence-corrected chi connectivity index (χ3v) is 11.8. The van der Waals surface area contributed by atoms with Gasteiger partial charge >= 0.3 is 18.5 Å². The Kier molecular flexibility index (Phi) is 9.59. The molecule has 322 valence electrons. The second-order valence-corrected chi connectivity index (χ2v) is 15.7. The lowest BCUT2D eigenvalue weighted by Crippen LogP contribution is -2.12. The molecule has 0 aliphatic rings. The zero-order valence-electron chi connectivity index (χ0n) is 33.8. The van der Waals surface area contributed by atoms with Crippen molar-refractivity contribution in [2.24, 2.45) is 0 Å². The van der Waals surface area contributed by atoms with E-state index in [1.54, 1.807) is 89.5 Å². The van der Waals surface area contributed by atoms with Crippen LogP contribution in [0.15, 0.2) is 164 Å². The normalized spacial score (nSPS) is 12.3. The van der Waals surface area contributed by atoms with Crippen molar-refractivity contribution < 1.29 is 39.5 Å². The van der Waals surface area contributed by atoms with Gasteiger partial charge in [-0.2, -0.15) is 50.0 Å². The molecule has 2 aromatic heterocycles. The van der Waals surface area contributed by atoms with Crippen LogP contribution in [0.4, 0.5) is 39.5 Å². The van der Waals surface area contributed by atoms with Crippen LogP contribution in [0.2, 0.25) is 0 Å². The first-order valence-corrected chi connectivity index (χ1v) is 20.2. The Morgan fingerprint density at radius 3 is 1.39 bits per heavy atom. The number of alkyl halides is 9. The largest absolute Gasteiger partial charge is 0.417 e. The molecule has 0 aliphatic heterocycles. The lowest BCUT2D eigenvalue weighted by Gasteiger charge is -2.21.